The van der Waals surface area contributed by atoms with E-state index in [-0.39, 0.29) is 11.2 Å². The van der Waals surface area contributed by atoms with Crippen LogP contribution in [-0.4, -0.2) is 10.2 Å². The second-order valence-electron chi connectivity index (χ2n) is 5.36. The number of phenolic OH excluding ortho intramolecular Hbond substituents is 2. The molecule has 2 aromatic carbocycles. The van der Waals surface area contributed by atoms with Crippen LogP contribution in [0.5, 0.6) is 11.5 Å². The Balaban J connectivity index is 0.000000218. The molecule has 0 heterocycles. The molecule has 0 fully saturated rings. The van der Waals surface area contributed by atoms with Crippen molar-refractivity contribution in [3.8, 4) is 11.5 Å². The Hall–Kier alpha value is -2.16. The number of hydrogen-bond acceptors (Lipinski definition) is 3. The van der Waals surface area contributed by atoms with Gasteiger partial charge in [-0.1, -0.05) is 45.0 Å². The molecule has 0 saturated carbocycles. The molecule has 0 aromatic heterocycles. The number of nitrogens with two attached hydrogens (primary N) is 1. The summed E-state index contributed by atoms with van der Waals surface area (Å²) in [5, 5.41) is 17.8. The third kappa shape index (κ3) is 4.92. The van der Waals surface area contributed by atoms with Crippen LogP contribution in [0.15, 0.2) is 48.5 Å². The summed E-state index contributed by atoms with van der Waals surface area (Å²) in [6.07, 6.45) is 0. The van der Waals surface area contributed by atoms with E-state index in [1.165, 1.54) is 0 Å². The minimum atomic E-state index is 0.0851. The van der Waals surface area contributed by atoms with Crippen LogP contribution in [0.1, 0.15) is 26.3 Å². The van der Waals surface area contributed by atoms with Crippen molar-refractivity contribution >= 4 is 5.69 Å². The third-order valence-corrected chi connectivity index (χ3v) is 2.65. The Kier molecular flexibility index (Phi) is 4.81. The van der Waals surface area contributed by atoms with Gasteiger partial charge >= 0.3 is 0 Å². The summed E-state index contributed by atoms with van der Waals surface area (Å²) in [4.78, 5) is 0. The fourth-order valence-electron chi connectivity index (χ4n) is 1.45. The average molecular weight is 259 g/mol. The van der Waals surface area contributed by atoms with Crippen molar-refractivity contribution in [2.45, 2.75) is 26.2 Å². The molecule has 0 aliphatic carbocycles. The maximum absolute atomic E-state index is 9.18. The molecule has 2 aromatic rings. The first kappa shape index (κ1) is 14.9. The van der Waals surface area contributed by atoms with Gasteiger partial charge in [0.1, 0.15) is 11.5 Å². The molecule has 4 N–H and O–H groups in total. The molecule has 0 aliphatic heterocycles. The number of para-hydroxylation sites is 1. The monoisotopic (exact) mass is 259 g/mol. The van der Waals surface area contributed by atoms with Gasteiger partial charge in [-0.25, -0.2) is 0 Å². The molecule has 102 valence electrons. The van der Waals surface area contributed by atoms with Crippen LogP contribution in [0.4, 0.5) is 5.69 Å². The lowest BCUT2D eigenvalue weighted by Gasteiger charge is -2.19. The summed E-state index contributed by atoms with van der Waals surface area (Å²) >= 11 is 0. The summed E-state index contributed by atoms with van der Waals surface area (Å²) in [5.41, 5.74) is 7.24. The second-order valence-corrected chi connectivity index (χ2v) is 5.36. The van der Waals surface area contributed by atoms with Crippen molar-refractivity contribution in [1.82, 2.24) is 0 Å². The van der Waals surface area contributed by atoms with Crippen LogP contribution < -0.4 is 5.73 Å². The summed E-state index contributed by atoms with van der Waals surface area (Å²) in [5.74, 6) is 0.477. The van der Waals surface area contributed by atoms with Crippen molar-refractivity contribution in [2.24, 2.45) is 0 Å². The first-order chi connectivity index (χ1) is 8.80. The summed E-state index contributed by atoms with van der Waals surface area (Å²) in [7, 11) is 0. The number of benzene rings is 2. The van der Waals surface area contributed by atoms with Crippen LogP contribution in [-0.2, 0) is 5.41 Å². The zero-order valence-corrected chi connectivity index (χ0v) is 11.6. The lowest BCUT2D eigenvalue weighted by Crippen LogP contribution is -2.11. The van der Waals surface area contributed by atoms with E-state index in [4.69, 9.17) is 10.8 Å². The molecule has 3 heteroatoms. The highest BCUT2D eigenvalue weighted by Crippen LogP contribution is 2.28. The van der Waals surface area contributed by atoms with E-state index < -0.39 is 0 Å². The predicted octanol–water partition coefficient (Wildman–Crippen LogP) is 3.66. The van der Waals surface area contributed by atoms with Crippen LogP contribution >= 0.6 is 0 Å². The molecule has 0 amide bonds. The van der Waals surface area contributed by atoms with Crippen LogP contribution in [0, 0.1) is 0 Å². The Morgan fingerprint density at radius 3 is 1.84 bits per heavy atom. The largest absolute Gasteiger partial charge is 0.508 e. The van der Waals surface area contributed by atoms with Crippen molar-refractivity contribution in [1.29, 1.82) is 0 Å². The average Bonchev–Trinajstić information content (AvgIpc) is 2.33. The molecular formula is C16H21NO2. The van der Waals surface area contributed by atoms with Gasteiger partial charge in [0.25, 0.3) is 0 Å². The Bertz CT molecular complexity index is 516. The number of hydrogen-bond donors (Lipinski definition) is 3. The van der Waals surface area contributed by atoms with E-state index >= 15 is 0 Å². The molecule has 0 atom stereocenters. The molecule has 19 heavy (non-hydrogen) atoms. The fraction of sp³-hybridized carbons (Fsp3) is 0.250. The zero-order chi connectivity index (χ0) is 14.5. The van der Waals surface area contributed by atoms with Crippen LogP contribution in [0.3, 0.4) is 0 Å². The lowest BCUT2D eigenvalue weighted by molar-refractivity contribution is 0.475. The van der Waals surface area contributed by atoms with E-state index in [9.17, 15) is 5.11 Å². The number of anilines is 1. The molecule has 0 radical (unpaired) electrons. The molecule has 2 rings (SSSR count). The zero-order valence-electron chi connectivity index (χ0n) is 11.6. The fourth-order valence-corrected chi connectivity index (χ4v) is 1.45. The Morgan fingerprint density at radius 2 is 1.47 bits per heavy atom. The minimum Gasteiger partial charge on any atom is -0.508 e. The number of nitrogen functional groups attached to an aromatic ring is 1. The summed E-state index contributed by atoms with van der Waals surface area (Å²) in [6.45, 7) is 6.33. The van der Waals surface area contributed by atoms with Gasteiger partial charge in [0.15, 0.2) is 0 Å². The maximum atomic E-state index is 9.18. The normalized spacial score (nSPS) is 10.5. The van der Waals surface area contributed by atoms with E-state index in [2.05, 4.69) is 20.8 Å². The van der Waals surface area contributed by atoms with Gasteiger partial charge in [-0.15, -0.1) is 0 Å². The van der Waals surface area contributed by atoms with Crippen LogP contribution in [0.2, 0.25) is 0 Å². The standard InChI is InChI=1S/C10H15NO.C6H6O/c1-10(2,3)7-4-5-9(12)8(11)6-7;7-6-4-2-1-3-5-6/h4-6,12H,11H2,1-3H3;1-5,7H. The van der Waals surface area contributed by atoms with E-state index in [0.717, 1.165) is 5.56 Å². The molecular weight excluding hydrogens is 238 g/mol. The molecule has 0 spiro atoms. The predicted molar refractivity (Wildman–Crippen MR) is 79.3 cm³/mol. The summed E-state index contributed by atoms with van der Waals surface area (Å²) < 4.78 is 0. The Labute approximate surface area is 114 Å². The van der Waals surface area contributed by atoms with E-state index in [1.54, 1.807) is 30.3 Å². The molecule has 3 nitrogen and oxygen atoms in total. The van der Waals surface area contributed by atoms with Crippen LogP contribution in [0.25, 0.3) is 0 Å². The highest BCUT2D eigenvalue weighted by atomic mass is 16.3. The van der Waals surface area contributed by atoms with Gasteiger partial charge in [0.2, 0.25) is 0 Å². The van der Waals surface area contributed by atoms with Gasteiger partial charge in [-0.3, -0.25) is 0 Å². The smallest absolute Gasteiger partial charge is 0.138 e. The van der Waals surface area contributed by atoms with Gasteiger partial charge in [-0.05, 0) is 35.2 Å². The first-order valence-electron chi connectivity index (χ1n) is 6.13. The highest BCUT2D eigenvalue weighted by molar-refractivity contribution is 5.54. The Morgan fingerprint density at radius 1 is 0.895 bits per heavy atom. The molecule has 0 bridgehead atoms. The molecule has 0 unspecified atom stereocenters. The molecule has 0 aliphatic rings. The topological polar surface area (TPSA) is 66.5 Å². The van der Waals surface area contributed by atoms with Crippen molar-refractivity contribution in [3.63, 3.8) is 0 Å². The number of aromatic hydroxyl groups is 2. The minimum absolute atomic E-state index is 0.0851. The lowest BCUT2D eigenvalue weighted by atomic mass is 9.87. The highest BCUT2D eigenvalue weighted by Gasteiger charge is 2.14. The van der Waals surface area contributed by atoms with Crippen molar-refractivity contribution < 1.29 is 10.2 Å². The second kappa shape index (κ2) is 6.14. The van der Waals surface area contributed by atoms with Gasteiger partial charge in [0, 0.05) is 0 Å². The van der Waals surface area contributed by atoms with Crippen molar-refractivity contribution in [3.05, 3.63) is 54.1 Å². The van der Waals surface area contributed by atoms with Gasteiger partial charge in [-0.2, -0.15) is 0 Å². The van der Waals surface area contributed by atoms with Gasteiger partial charge in [0.05, 0.1) is 5.69 Å². The van der Waals surface area contributed by atoms with E-state index in [1.807, 2.05) is 18.2 Å². The first-order valence-corrected chi connectivity index (χ1v) is 6.13. The van der Waals surface area contributed by atoms with Gasteiger partial charge < -0.3 is 15.9 Å². The maximum Gasteiger partial charge on any atom is 0.138 e. The number of phenols is 2. The quantitative estimate of drug-likeness (QED) is 0.499. The summed E-state index contributed by atoms with van der Waals surface area (Å²) in [6, 6.07) is 14.1. The van der Waals surface area contributed by atoms with E-state index in [0.29, 0.717) is 11.4 Å². The van der Waals surface area contributed by atoms with Crippen molar-refractivity contribution in [2.75, 3.05) is 5.73 Å². The SMILES string of the molecule is CC(C)(C)c1ccc(O)c(N)c1.Oc1ccccc1. The molecule has 0 saturated heterocycles. The number of rotatable bonds is 0. The third-order valence-electron chi connectivity index (χ3n) is 2.65.